The van der Waals surface area contributed by atoms with E-state index in [1.807, 2.05) is 6.07 Å². The third kappa shape index (κ3) is 4.52. The second-order valence-corrected chi connectivity index (χ2v) is 5.98. The van der Waals surface area contributed by atoms with Gasteiger partial charge in [0, 0.05) is 32.1 Å². The summed E-state index contributed by atoms with van der Waals surface area (Å²) in [5.74, 6) is 0. The number of anilines is 1. The highest BCUT2D eigenvalue weighted by atomic mass is 32.1. The van der Waals surface area contributed by atoms with Crippen molar-refractivity contribution in [1.82, 2.24) is 10.3 Å². The third-order valence-electron chi connectivity index (χ3n) is 3.17. The van der Waals surface area contributed by atoms with E-state index in [4.69, 9.17) is 9.72 Å². The molecule has 114 valence electrons. The van der Waals surface area contributed by atoms with Gasteiger partial charge in [-0.1, -0.05) is 37.3 Å². The summed E-state index contributed by atoms with van der Waals surface area (Å²) in [6, 6.07) is 10.5. The third-order valence-corrected chi connectivity index (χ3v) is 4.38. The molecule has 1 heterocycles. The Hall–Kier alpha value is -1.43. The van der Waals surface area contributed by atoms with Gasteiger partial charge in [0.2, 0.25) is 0 Å². The van der Waals surface area contributed by atoms with Gasteiger partial charge in [0.1, 0.15) is 0 Å². The van der Waals surface area contributed by atoms with Crippen molar-refractivity contribution in [1.29, 1.82) is 0 Å². The minimum Gasteiger partial charge on any atom is -0.378 e. The number of nitrogens with zero attached hydrogens (tertiary/aromatic N) is 2. The molecule has 1 aromatic heterocycles. The summed E-state index contributed by atoms with van der Waals surface area (Å²) in [7, 11) is 3.79. The number of nitrogens with one attached hydrogen (secondary N) is 1. The molecule has 0 bridgehead atoms. The molecule has 21 heavy (non-hydrogen) atoms. The Morgan fingerprint density at radius 2 is 2.05 bits per heavy atom. The highest BCUT2D eigenvalue weighted by molar-refractivity contribution is 7.15. The van der Waals surface area contributed by atoms with E-state index in [-0.39, 0.29) is 0 Å². The summed E-state index contributed by atoms with van der Waals surface area (Å²) in [5.41, 5.74) is 2.33. The Morgan fingerprint density at radius 1 is 1.29 bits per heavy atom. The second-order valence-electron chi connectivity index (χ2n) is 4.92. The number of ether oxygens (including phenoxy) is 1. The molecule has 4 nitrogen and oxygen atoms in total. The average molecular weight is 305 g/mol. The van der Waals surface area contributed by atoms with Crippen molar-refractivity contribution in [2.45, 2.75) is 26.6 Å². The fraction of sp³-hybridized carbons (Fsp3) is 0.438. The zero-order chi connectivity index (χ0) is 15.1. The van der Waals surface area contributed by atoms with E-state index in [9.17, 15) is 0 Å². The van der Waals surface area contributed by atoms with Crippen LogP contribution in [-0.4, -0.2) is 25.7 Å². The molecule has 0 radical (unpaired) electrons. The van der Waals surface area contributed by atoms with Gasteiger partial charge in [-0.3, -0.25) is 0 Å². The lowest BCUT2D eigenvalue weighted by Gasteiger charge is -2.15. The molecule has 1 aromatic carbocycles. The molecule has 0 aliphatic carbocycles. The van der Waals surface area contributed by atoms with E-state index in [1.165, 1.54) is 10.4 Å². The van der Waals surface area contributed by atoms with Crippen LogP contribution >= 0.6 is 11.3 Å². The van der Waals surface area contributed by atoms with Gasteiger partial charge in [-0.15, -0.1) is 11.3 Å². The van der Waals surface area contributed by atoms with Crippen LogP contribution in [0.2, 0.25) is 0 Å². The van der Waals surface area contributed by atoms with Gasteiger partial charge in [-0.05, 0) is 12.1 Å². The highest BCUT2D eigenvalue weighted by Gasteiger charge is 2.14. The number of benzene rings is 1. The van der Waals surface area contributed by atoms with Crippen molar-refractivity contribution in [2.24, 2.45) is 0 Å². The van der Waals surface area contributed by atoms with E-state index in [0.29, 0.717) is 6.61 Å². The first kappa shape index (κ1) is 15.9. The van der Waals surface area contributed by atoms with Crippen LogP contribution < -0.4 is 10.2 Å². The zero-order valence-corrected chi connectivity index (χ0v) is 13.7. The quantitative estimate of drug-likeness (QED) is 0.813. The number of hydrogen-bond acceptors (Lipinski definition) is 5. The molecule has 0 amide bonds. The molecular weight excluding hydrogens is 282 g/mol. The predicted molar refractivity (Wildman–Crippen MR) is 88.8 cm³/mol. The molecule has 0 unspecified atom stereocenters. The monoisotopic (exact) mass is 305 g/mol. The first-order chi connectivity index (χ1) is 10.2. The first-order valence-corrected chi connectivity index (χ1v) is 7.99. The Labute approximate surface area is 130 Å². The molecule has 0 saturated carbocycles. The van der Waals surface area contributed by atoms with Crippen LogP contribution in [0.5, 0.6) is 0 Å². The smallest absolute Gasteiger partial charge is 0.185 e. The maximum atomic E-state index is 5.26. The Kier molecular flexibility index (Phi) is 6.17. The van der Waals surface area contributed by atoms with Crippen LogP contribution in [0.1, 0.15) is 23.1 Å². The Balaban J connectivity index is 2.10. The molecule has 2 rings (SSSR count). The average Bonchev–Trinajstić information content (AvgIpc) is 2.90. The Morgan fingerprint density at radius 3 is 2.71 bits per heavy atom. The lowest BCUT2D eigenvalue weighted by molar-refractivity contribution is 0.181. The molecular formula is C16H23N3OS. The highest BCUT2D eigenvalue weighted by Crippen LogP contribution is 2.27. The second kappa shape index (κ2) is 8.12. The normalized spacial score (nSPS) is 10.8. The van der Waals surface area contributed by atoms with E-state index >= 15 is 0 Å². The van der Waals surface area contributed by atoms with E-state index in [0.717, 1.165) is 30.5 Å². The first-order valence-electron chi connectivity index (χ1n) is 7.17. The van der Waals surface area contributed by atoms with Gasteiger partial charge in [-0.25, -0.2) is 4.98 Å². The maximum Gasteiger partial charge on any atom is 0.185 e. The van der Waals surface area contributed by atoms with Gasteiger partial charge in [-0.2, -0.15) is 0 Å². The summed E-state index contributed by atoms with van der Waals surface area (Å²) >= 11 is 1.74. The Bertz CT molecular complexity index is 542. The summed E-state index contributed by atoms with van der Waals surface area (Å²) < 4.78 is 5.26. The van der Waals surface area contributed by atoms with Crippen LogP contribution in [0, 0.1) is 0 Å². The molecule has 0 saturated heterocycles. The molecule has 0 aliphatic heterocycles. The molecule has 2 aromatic rings. The van der Waals surface area contributed by atoms with Crippen molar-refractivity contribution < 1.29 is 4.74 Å². The summed E-state index contributed by atoms with van der Waals surface area (Å²) in [4.78, 5) is 8.18. The minimum absolute atomic E-state index is 0.566. The SMILES string of the molecule is CCNCc1sc(N(C)Cc2ccccc2)nc1COC. The number of aromatic nitrogens is 1. The largest absolute Gasteiger partial charge is 0.378 e. The number of hydrogen-bond donors (Lipinski definition) is 1. The maximum absolute atomic E-state index is 5.26. The van der Waals surface area contributed by atoms with Crippen LogP contribution in [-0.2, 0) is 24.4 Å². The van der Waals surface area contributed by atoms with Crippen molar-refractivity contribution in [3.8, 4) is 0 Å². The fourth-order valence-electron chi connectivity index (χ4n) is 2.08. The fourth-order valence-corrected chi connectivity index (χ4v) is 3.08. The van der Waals surface area contributed by atoms with E-state index in [2.05, 4.69) is 48.5 Å². The van der Waals surface area contributed by atoms with Crippen molar-refractivity contribution in [2.75, 3.05) is 25.6 Å². The van der Waals surface area contributed by atoms with E-state index < -0.39 is 0 Å². The van der Waals surface area contributed by atoms with Gasteiger partial charge < -0.3 is 15.0 Å². The molecule has 0 spiro atoms. The van der Waals surface area contributed by atoms with Gasteiger partial charge in [0.25, 0.3) is 0 Å². The van der Waals surface area contributed by atoms with Crippen LogP contribution in [0.4, 0.5) is 5.13 Å². The molecule has 0 fully saturated rings. The standard InChI is InChI=1S/C16H23N3OS/c1-4-17-10-15-14(12-20-3)18-16(21-15)19(2)11-13-8-6-5-7-9-13/h5-9,17H,4,10-12H2,1-3H3. The lowest BCUT2D eigenvalue weighted by atomic mass is 10.2. The van der Waals surface area contributed by atoms with Crippen LogP contribution in [0.25, 0.3) is 0 Å². The van der Waals surface area contributed by atoms with Crippen LogP contribution in [0.3, 0.4) is 0 Å². The lowest BCUT2D eigenvalue weighted by Crippen LogP contribution is -2.16. The van der Waals surface area contributed by atoms with Gasteiger partial charge >= 0.3 is 0 Å². The minimum atomic E-state index is 0.566. The van der Waals surface area contributed by atoms with Gasteiger partial charge in [0.05, 0.1) is 12.3 Å². The zero-order valence-electron chi connectivity index (χ0n) is 12.9. The number of methoxy groups -OCH3 is 1. The molecule has 0 atom stereocenters. The molecule has 0 aliphatic rings. The summed E-state index contributed by atoms with van der Waals surface area (Å²) in [6.07, 6.45) is 0. The van der Waals surface area contributed by atoms with Gasteiger partial charge in [0.15, 0.2) is 5.13 Å². The molecule has 1 N–H and O–H groups in total. The van der Waals surface area contributed by atoms with E-state index in [1.54, 1.807) is 18.4 Å². The van der Waals surface area contributed by atoms with Crippen molar-refractivity contribution in [3.63, 3.8) is 0 Å². The predicted octanol–water partition coefficient (Wildman–Crippen LogP) is 3.04. The summed E-state index contributed by atoms with van der Waals surface area (Å²) in [5, 5.41) is 4.40. The molecule has 5 heteroatoms. The van der Waals surface area contributed by atoms with Crippen molar-refractivity contribution >= 4 is 16.5 Å². The topological polar surface area (TPSA) is 37.4 Å². The van der Waals surface area contributed by atoms with Crippen LogP contribution in [0.15, 0.2) is 30.3 Å². The van der Waals surface area contributed by atoms with Crippen molar-refractivity contribution in [3.05, 3.63) is 46.5 Å². The number of rotatable bonds is 8. The number of thiazole rings is 1. The summed E-state index contributed by atoms with van der Waals surface area (Å²) in [6.45, 7) is 5.35.